The van der Waals surface area contributed by atoms with Crippen molar-refractivity contribution in [2.75, 3.05) is 11.1 Å². The Bertz CT molecular complexity index is 1020. The Balaban J connectivity index is 1.52. The van der Waals surface area contributed by atoms with Gasteiger partial charge >= 0.3 is 0 Å². The van der Waals surface area contributed by atoms with Crippen molar-refractivity contribution in [3.05, 3.63) is 46.6 Å². The summed E-state index contributed by atoms with van der Waals surface area (Å²) in [6, 6.07) is 2.97. The monoisotopic (exact) mass is 405 g/mol. The first kappa shape index (κ1) is 18.3. The van der Waals surface area contributed by atoms with Crippen LogP contribution < -0.4 is 5.32 Å². The molecule has 1 amide bonds. The molecule has 0 bridgehead atoms. The van der Waals surface area contributed by atoms with Crippen molar-refractivity contribution in [2.24, 2.45) is 5.92 Å². The van der Waals surface area contributed by atoms with E-state index in [-0.39, 0.29) is 11.4 Å². The number of hydrogen-bond donors (Lipinski definition) is 1. The van der Waals surface area contributed by atoms with Gasteiger partial charge in [0, 0.05) is 16.3 Å². The van der Waals surface area contributed by atoms with Crippen LogP contribution in [0.1, 0.15) is 23.8 Å². The lowest BCUT2D eigenvalue weighted by atomic mass is 9.89. The van der Waals surface area contributed by atoms with Gasteiger partial charge in [0.15, 0.2) is 0 Å². The van der Waals surface area contributed by atoms with Crippen molar-refractivity contribution < 1.29 is 13.6 Å². The lowest BCUT2D eigenvalue weighted by Crippen LogP contribution is -2.15. The normalized spacial score (nSPS) is 16.3. The molecule has 1 aromatic carbocycles. The Hall–Kier alpha value is -2.06. The van der Waals surface area contributed by atoms with E-state index in [1.165, 1.54) is 28.5 Å². The molecule has 0 unspecified atom stereocenters. The SMILES string of the molecule is C[C@H]1CCc2c(sc3ncnc(SCC(=O)Nc4cc(F)ccc4F)c23)C1. The molecule has 0 saturated heterocycles. The number of amides is 1. The van der Waals surface area contributed by atoms with Gasteiger partial charge in [-0.25, -0.2) is 18.7 Å². The molecule has 0 saturated carbocycles. The van der Waals surface area contributed by atoms with Crippen LogP contribution in [-0.2, 0) is 17.6 Å². The summed E-state index contributed by atoms with van der Waals surface area (Å²) in [6.07, 6.45) is 4.70. The Kier molecular flexibility index (Phi) is 5.10. The lowest BCUT2D eigenvalue weighted by molar-refractivity contribution is -0.113. The van der Waals surface area contributed by atoms with Crippen LogP contribution in [0.2, 0.25) is 0 Å². The third-order valence-electron chi connectivity index (χ3n) is 4.60. The first-order valence-corrected chi connectivity index (χ1v) is 10.4. The maximum atomic E-state index is 13.7. The van der Waals surface area contributed by atoms with E-state index in [9.17, 15) is 13.6 Å². The predicted octanol–water partition coefficient (Wildman–Crippen LogP) is 4.83. The number of rotatable bonds is 4. The highest BCUT2D eigenvalue weighted by Gasteiger charge is 2.23. The molecule has 4 nitrogen and oxygen atoms in total. The number of nitrogens with one attached hydrogen (secondary N) is 1. The number of benzene rings is 1. The first-order valence-electron chi connectivity index (χ1n) is 8.64. The number of carbonyl (C=O) groups is 1. The minimum Gasteiger partial charge on any atom is -0.323 e. The molecule has 2 heterocycles. The van der Waals surface area contributed by atoms with Gasteiger partial charge in [-0.3, -0.25) is 4.79 Å². The highest BCUT2D eigenvalue weighted by Crippen LogP contribution is 2.40. The molecule has 0 aliphatic heterocycles. The van der Waals surface area contributed by atoms with Crippen LogP contribution in [0, 0.1) is 17.6 Å². The molecule has 1 atom stereocenters. The van der Waals surface area contributed by atoms with E-state index in [4.69, 9.17) is 0 Å². The van der Waals surface area contributed by atoms with E-state index < -0.39 is 17.5 Å². The minimum absolute atomic E-state index is 0.0586. The Labute approximate surface area is 163 Å². The lowest BCUT2D eigenvalue weighted by Gasteiger charge is -2.18. The molecule has 0 fully saturated rings. The molecule has 0 radical (unpaired) electrons. The van der Waals surface area contributed by atoms with Gasteiger partial charge in [-0.15, -0.1) is 11.3 Å². The average Bonchev–Trinajstić information content (AvgIpc) is 3.01. The minimum atomic E-state index is -0.666. The summed E-state index contributed by atoms with van der Waals surface area (Å²) >= 11 is 2.99. The van der Waals surface area contributed by atoms with Crippen LogP contribution in [0.3, 0.4) is 0 Å². The molecular weight excluding hydrogens is 388 g/mol. The second-order valence-electron chi connectivity index (χ2n) is 6.67. The molecule has 1 aliphatic rings. The Morgan fingerprint density at radius 2 is 2.22 bits per heavy atom. The fraction of sp³-hybridized carbons (Fsp3) is 0.316. The average molecular weight is 405 g/mol. The van der Waals surface area contributed by atoms with E-state index in [1.807, 2.05) is 0 Å². The number of aryl methyl sites for hydroxylation is 1. The largest absolute Gasteiger partial charge is 0.323 e. The van der Waals surface area contributed by atoms with Gasteiger partial charge in [-0.05, 0) is 42.9 Å². The molecule has 3 aromatic rings. The zero-order chi connectivity index (χ0) is 19.0. The Morgan fingerprint density at radius 3 is 3.07 bits per heavy atom. The van der Waals surface area contributed by atoms with E-state index >= 15 is 0 Å². The van der Waals surface area contributed by atoms with Crippen molar-refractivity contribution in [3.8, 4) is 0 Å². The number of aromatic nitrogens is 2. The third kappa shape index (κ3) is 3.82. The van der Waals surface area contributed by atoms with Gasteiger partial charge in [-0.1, -0.05) is 18.7 Å². The molecule has 4 rings (SSSR count). The molecule has 0 spiro atoms. The molecule has 27 heavy (non-hydrogen) atoms. The molecule has 1 N–H and O–H groups in total. The van der Waals surface area contributed by atoms with Crippen molar-refractivity contribution in [1.29, 1.82) is 0 Å². The predicted molar refractivity (Wildman–Crippen MR) is 104 cm³/mol. The standard InChI is InChI=1S/C19H17F2N3OS2/c1-10-2-4-12-15(6-10)27-19-17(12)18(22-9-23-19)26-8-16(25)24-14-7-11(20)3-5-13(14)21/h3,5,7,9-10H,2,4,6,8H2,1H3,(H,24,25)/t10-/m0/s1. The zero-order valence-electron chi connectivity index (χ0n) is 14.6. The van der Waals surface area contributed by atoms with Crippen LogP contribution in [0.4, 0.5) is 14.5 Å². The second-order valence-corrected chi connectivity index (χ2v) is 8.72. The zero-order valence-corrected chi connectivity index (χ0v) is 16.2. The number of carbonyl (C=O) groups excluding carboxylic acids is 1. The molecule has 2 aromatic heterocycles. The van der Waals surface area contributed by atoms with Crippen LogP contribution in [-0.4, -0.2) is 21.6 Å². The van der Waals surface area contributed by atoms with Crippen molar-refractivity contribution >= 4 is 44.9 Å². The summed E-state index contributed by atoms with van der Waals surface area (Å²) < 4.78 is 26.9. The first-order chi connectivity index (χ1) is 13.0. The van der Waals surface area contributed by atoms with Gasteiger partial charge in [0.1, 0.15) is 27.8 Å². The smallest absolute Gasteiger partial charge is 0.234 e. The van der Waals surface area contributed by atoms with Gasteiger partial charge < -0.3 is 5.32 Å². The fourth-order valence-corrected chi connectivity index (χ4v) is 5.51. The van der Waals surface area contributed by atoms with Gasteiger partial charge in [-0.2, -0.15) is 0 Å². The van der Waals surface area contributed by atoms with Crippen LogP contribution >= 0.6 is 23.1 Å². The second kappa shape index (κ2) is 7.52. The van der Waals surface area contributed by atoms with Crippen LogP contribution in [0.25, 0.3) is 10.2 Å². The highest BCUT2D eigenvalue weighted by atomic mass is 32.2. The number of anilines is 1. The molecular formula is C19H17F2N3OS2. The number of thiophene rings is 1. The maximum Gasteiger partial charge on any atom is 0.234 e. The topological polar surface area (TPSA) is 54.9 Å². The summed E-state index contributed by atoms with van der Waals surface area (Å²) in [4.78, 5) is 23.3. The molecule has 1 aliphatic carbocycles. The fourth-order valence-electron chi connectivity index (χ4n) is 3.27. The summed E-state index contributed by atoms with van der Waals surface area (Å²) in [5.41, 5.74) is 1.14. The van der Waals surface area contributed by atoms with Gasteiger partial charge in [0.05, 0.1) is 11.4 Å². The summed E-state index contributed by atoms with van der Waals surface area (Å²) in [5.74, 6) is -0.949. The summed E-state index contributed by atoms with van der Waals surface area (Å²) in [7, 11) is 0. The number of fused-ring (bicyclic) bond motifs is 3. The van der Waals surface area contributed by atoms with Crippen molar-refractivity contribution in [3.63, 3.8) is 0 Å². The van der Waals surface area contributed by atoms with E-state index in [1.54, 1.807) is 11.3 Å². The molecule has 8 heteroatoms. The van der Waals surface area contributed by atoms with Gasteiger partial charge in [0.2, 0.25) is 5.91 Å². The van der Waals surface area contributed by atoms with E-state index in [2.05, 4.69) is 22.2 Å². The maximum absolute atomic E-state index is 13.7. The van der Waals surface area contributed by atoms with Gasteiger partial charge in [0.25, 0.3) is 0 Å². The van der Waals surface area contributed by atoms with Crippen molar-refractivity contribution in [1.82, 2.24) is 9.97 Å². The highest BCUT2D eigenvalue weighted by molar-refractivity contribution is 8.00. The number of nitrogens with zero attached hydrogens (tertiary/aromatic N) is 2. The van der Waals surface area contributed by atoms with Crippen LogP contribution in [0.15, 0.2) is 29.6 Å². The molecule has 140 valence electrons. The Morgan fingerprint density at radius 1 is 1.37 bits per heavy atom. The van der Waals surface area contributed by atoms with E-state index in [0.29, 0.717) is 5.92 Å². The number of halogens is 2. The quantitative estimate of drug-likeness (QED) is 0.499. The summed E-state index contributed by atoms with van der Waals surface area (Å²) in [5, 5.41) is 4.22. The van der Waals surface area contributed by atoms with Crippen molar-refractivity contribution in [2.45, 2.75) is 31.2 Å². The number of thioether (sulfide) groups is 1. The summed E-state index contributed by atoms with van der Waals surface area (Å²) in [6.45, 7) is 2.25. The third-order valence-corrected chi connectivity index (χ3v) is 6.75. The van der Waals surface area contributed by atoms with Crippen LogP contribution in [0.5, 0.6) is 0 Å². The van der Waals surface area contributed by atoms with E-state index in [0.717, 1.165) is 52.7 Å². The number of hydrogen-bond acceptors (Lipinski definition) is 5.